The second-order valence-electron chi connectivity index (χ2n) is 4.89. The Morgan fingerprint density at radius 3 is 2.55 bits per heavy atom. The van der Waals surface area contributed by atoms with Gasteiger partial charge in [0.25, 0.3) is 0 Å². The minimum atomic E-state index is -0.375. The molecule has 100 valence electrons. The van der Waals surface area contributed by atoms with Crippen molar-refractivity contribution < 1.29 is 13.9 Å². The summed E-state index contributed by atoms with van der Waals surface area (Å²) in [7, 11) is 0. The highest BCUT2D eigenvalue weighted by Crippen LogP contribution is 2.34. The molecule has 0 spiro atoms. The SMILES string of the molecule is Cc1cc2c(cc1C)C(=O)/C(=C/c1ccccc1F)O2. The quantitative estimate of drug-likeness (QED) is 0.729. The molecule has 0 radical (unpaired) electrons. The molecule has 0 fully saturated rings. The minimum Gasteiger partial charge on any atom is -0.452 e. The van der Waals surface area contributed by atoms with Crippen LogP contribution in [0.3, 0.4) is 0 Å². The first-order valence-corrected chi connectivity index (χ1v) is 6.36. The Labute approximate surface area is 116 Å². The number of benzene rings is 2. The van der Waals surface area contributed by atoms with Crippen molar-refractivity contribution in [2.75, 3.05) is 0 Å². The van der Waals surface area contributed by atoms with Crippen molar-refractivity contribution in [3.63, 3.8) is 0 Å². The van der Waals surface area contributed by atoms with Crippen LogP contribution < -0.4 is 4.74 Å². The number of carbonyl (C=O) groups is 1. The lowest BCUT2D eigenvalue weighted by atomic mass is 10.0. The maximum absolute atomic E-state index is 13.6. The van der Waals surface area contributed by atoms with Gasteiger partial charge in [0.15, 0.2) is 5.76 Å². The second kappa shape index (κ2) is 4.60. The molecule has 0 N–H and O–H groups in total. The van der Waals surface area contributed by atoms with E-state index in [-0.39, 0.29) is 17.4 Å². The Kier molecular flexibility index (Phi) is 2.90. The fourth-order valence-corrected chi connectivity index (χ4v) is 2.18. The highest BCUT2D eigenvalue weighted by molar-refractivity contribution is 6.14. The van der Waals surface area contributed by atoms with E-state index in [1.54, 1.807) is 18.2 Å². The largest absolute Gasteiger partial charge is 0.452 e. The number of carbonyl (C=O) groups excluding carboxylic acids is 1. The lowest BCUT2D eigenvalue weighted by Crippen LogP contribution is -1.98. The molecule has 0 amide bonds. The topological polar surface area (TPSA) is 26.3 Å². The smallest absolute Gasteiger partial charge is 0.231 e. The molecule has 0 aliphatic carbocycles. The summed E-state index contributed by atoms with van der Waals surface area (Å²) in [5, 5.41) is 0. The highest BCUT2D eigenvalue weighted by atomic mass is 19.1. The van der Waals surface area contributed by atoms with Crippen LogP contribution in [0.4, 0.5) is 4.39 Å². The van der Waals surface area contributed by atoms with E-state index in [0.717, 1.165) is 11.1 Å². The summed E-state index contributed by atoms with van der Waals surface area (Å²) in [5.74, 6) is 0.127. The third-order valence-electron chi connectivity index (χ3n) is 3.48. The van der Waals surface area contributed by atoms with Gasteiger partial charge in [-0.05, 0) is 49.2 Å². The molecule has 0 bridgehead atoms. The maximum Gasteiger partial charge on any atom is 0.231 e. The molecule has 0 unspecified atom stereocenters. The van der Waals surface area contributed by atoms with Crippen molar-refractivity contribution in [2.24, 2.45) is 0 Å². The summed E-state index contributed by atoms with van der Waals surface area (Å²) in [6, 6.07) is 9.94. The van der Waals surface area contributed by atoms with Gasteiger partial charge in [0.05, 0.1) is 5.56 Å². The maximum atomic E-state index is 13.6. The van der Waals surface area contributed by atoms with Gasteiger partial charge in [0, 0.05) is 5.56 Å². The number of halogens is 1. The number of ketones is 1. The summed E-state index contributed by atoms with van der Waals surface area (Å²) in [6.07, 6.45) is 1.45. The van der Waals surface area contributed by atoms with Crippen LogP contribution in [-0.4, -0.2) is 5.78 Å². The molecule has 1 heterocycles. The van der Waals surface area contributed by atoms with E-state index in [1.165, 1.54) is 12.1 Å². The van der Waals surface area contributed by atoms with E-state index in [0.29, 0.717) is 16.9 Å². The van der Waals surface area contributed by atoms with Crippen LogP contribution in [0.25, 0.3) is 6.08 Å². The van der Waals surface area contributed by atoms with E-state index >= 15 is 0 Å². The average Bonchev–Trinajstić information content (AvgIpc) is 2.70. The van der Waals surface area contributed by atoms with Crippen LogP contribution in [0.1, 0.15) is 27.0 Å². The zero-order chi connectivity index (χ0) is 14.3. The van der Waals surface area contributed by atoms with Gasteiger partial charge in [-0.2, -0.15) is 0 Å². The molecule has 0 atom stereocenters. The molecule has 0 aromatic heterocycles. The van der Waals surface area contributed by atoms with Gasteiger partial charge in [0.1, 0.15) is 11.6 Å². The molecule has 2 aromatic carbocycles. The number of hydrogen-bond acceptors (Lipinski definition) is 2. The van der Waals surface area contributed by atoms with Crippen molar-refractivity contribution in [3.05, 3.63) is 70.2 Å². The Morgan fingerprint density at radius 1 is 1.10 bits per heavy atom. The number of aryl methyl sites for hydroxylation is 2. The lowest BCUT2D eigenvalue weighted by molar-refractivity contribution is 0.101. The molecule has 3 heteroatoms. The van der Waals surface area contributed by atoms with E-state index in [2.05, 4.69) is 0 Å². The lowest BCUT2D eigenvalue weighted by Gasteiger charge is -2.02. The van der Waals surface area contributed by atoms with E-state index in [4.69, 9.17) is 4.74 Å². The fourth-order valence-electron chi connectivity index (χ4n) is 2.18. The highest BCUT2D eigenvalue weighted by Gasteiger charge is 2.28. The van der Waals surface area contributed by atoms with Gasteiger partial charge < -0.3 is 4.74 Å². The van der Waals surface area contributed by atoms with Gasteiger partial charge in [-0.1, -0.05) is 18.2 Å². The standard InChI is InChI=1S/C17H13FO2/c1-10-7-13-15(8-11(10)2)20-16(17(13)19)9-12-5-3-4-6-14(12)18/h3-9H,1-2H3/b16-9-. The third kappa shape index (κ3) is 2.01. The zero-order valence-corrected chi connectivity index (χ0v) is 11.2. The Morgan fingerprint density at radius 2 is 1.80 bits per heavy atom. The van der Waals surface area contributed by atoms with Crippen LogP contribution in [0.2, 0.25) is 0 Å². The number of ether oxygens (including phenoxy) is 1. The van der Waals surface area contributed by atoms with Crippen molar-refractivity contribution in [2.45, 2.75) is 13.8 Å². The first-order chi connectivity index (χ1) is 9.56. The van der Waals surface area contributed by atoms with Gasteiger partial charge >= 0.3 is 0 Å². The predicted octanol–water partition coefficient (Wildman–Crippen LogP) is 4.06. The minimum absolute atomic E-state index is 0.162. The number of Topliss-reactive ketones (excluding diaryl/α,β-unsaturated/α-hetero) is 1. The average molecular weight is 268 g/mol. The first-order valence-electron chi connectivity index (χ1n) is 6.36. The third-order valence-corrected chi connectivity index (χ3v) is 3.48. The van der Waals surface area contributed by atoms with Gasteiger partial charge in [0.2, 0.25) is 5.78 Å². The molecule has 0 saturated heterocycles. The van der Waals surface area contributed by atoms with Crippen LogP contribution in [-0.2, 0) is 0 Å². The molecule has 3 rings (SSSR count). The summed E-state index contributed by atoms with van der Waals surface area (Å²) < 4.78 is 19.2. The molecule has 1 aliphatic rings. The van der Waals surface area contributed by atoms with Crippen LogP contribution >= 0.6 is 0 Å². The zero-order valence-electron chi connectivity index (χ0n) is 11.2. The van der Waals surface area contributed by atoms with Crippen LogP contribution in [0.5, 0.6) is 5.75 Å². The Balaban J connectivity index is 2.04. The fraction of sp³-hybridized carbons (Fsp3) is 0.118. The van der Waals surface area contributed by atoms with Crippen LogP contribution in [0.15, 0.2) is 42.2 Å². The van der Waals surface area contributed by atoms with Crippen molar-refractivity contribution in [1.29, 1.82) is 0 Å². The van der Waals surface area contributed by atoms with Gasteiger partial charge in [-0.15, -0.1) is 0 Å². The number of fused-ring (bicyclic) bond motifs is 1. The monoisotopic (exact) mass is 268 g/mol. The van der Waals surface area contributed by atoms with Crippen molar-refractivity contribution in [3.8, 4) is 5.75 Å². The Bertz CT molecular complexity index is 745. The van der Waals surface area contributed by atoms with Gasteiger partial charge in [-0.25, -0.2) is 4.39 Å². The summed E-state index contributed by atoms with van der Waals surface area (Å²) in [4.78, 5) is 12.3. The van der Waals surface area contributed by atoms with Crippen LogP contribution in [0, 0.1) is 19.7 Å². The van der Waals surface area contributed by atoms with Gasteiger partial charge in [-0.3, -0.25) is 4.79 Å². The molecular formula is C17H13FO2. The van der Waals surface area contributed by atoms with E-state index in [9.17, 15) is 9.18 Å². The molecular weight excluding hydrogens is 255 g/mol. The summed E-state index contributed by atoms with van der Waals surface area (Å²) >= 11 is 0. The van der Waals surface area contributed by atoms with Crippen molar-refractivity contribution >= 4 is 11.9 Å². The molecule has 20 heavy (non-hydrogen) atoms. The molecule has 2 aromatic rings. The summed E-state index contributed by atoms with van der Waals surface area (Å²) in [6.45, 7) is 3.91. The number of hydrogen-bond donors (Lipinski definition) is 0. The molecule has 2 nitrogen and oxygen atoms in total. The Hall–Kier alpha value is -2.42. The predicted molar refractivity (Wildman–Crippen MR) is 75.3 cm³/mol. The normalized spacial score (nSPS) is 15.3. The first kappa shape index (κ1) is 12.6. The van der Waals surface area contributed by atoms with E-state index in [1.807, 2.05) is 26.0 Å². The number of rotatable bonds is 1. The van der Waals surface area contributed by atoms with E-state index < -0.39 is 0 Å². The molecule has 1 aliphatic heterocycles. The van der Waals surface area contributed by atoms with Crippen molar-refractivity contribution in [1.82, 2.24) is 0 Å². The molecule has 0 saturated carbocycles. The second-order valence-corrected chi connectivity index (χ2v) is 4.89. The number of allylic oxidation sites excluding steroid dienone is 1. The summed E-state index contributed by atoms with van der Waals surface area (Å²) in [5.41, 5.74) is 2.98.